The molecule has 0 spiro atoms. The van der Waals surface area contributed by atoms with E-state index < -0.39 is 11.5 Å². The zero-order valence-corrected chi connectivity index (χ0v) is 13.2. The molecule has 3 N–H and O–H groups in total. The summed E-state index contributed by atoms with van der Waals surface area (Å²) in [6.07, 6.45) is 2.12. The first kappa shape index (κ1) is 19.7. The molecule has 0 saturated heterocycles. The molecule has 0 aromatic heterocycles. The Kier molecular flexibility index (Phi) is 10.6. The molecular formula is C14H28N2O5. The lowest BCUT2D eigenvalue weighted by molar-refractivity contribution is -0.137. The molecule has 0 aliphatic rings. The predicted molar refractivity (Wildman–Crippen MR) is 79.4 cm³/mol. The van der Waals surface area contributed by atoms with E-state index in [0.29, 0.717) is 32.8 Å². The Morgan fingerprint density at radius 3 is 2.48 bits per heavy atom. The smallest absolute Gasteiger partial charge is 0.315 e. The summed E-state index contributed by atoms with van der Waals surface area (Å²) in [5, 5.41) is 14.2. The first-order valence-corrected chi connectivity index (χ1v) is 7.22. The number of amides is 2. The molecule has 0 bridgehead atoms. The second kappa shape index (κ2) is 11.3. The third-order valence-electron chi connectivity index (χ3n) is 2.85. The zero-order chi connectivity index (χ0) is 16.1. The average molecular weight is 304 g/mol. The normalized spacial score (nSPS) is 11.2. The number of carbonyl (C=O) groups excluding carboxylic acids is 1. The molecule has 0 unspecified atom stereocenters. The summed E-state index contributed by atoms with van der Waals surface area (Å²) in [6.45, 7) is 6.00. The van der Waals surface area contributed by atoms with Crippen LogP contribution >= 0.6 is 0 Å². The van der Waals surface area contributed by atoms with Gasteiger partial charge in [-0.05, 0) is 33.1 Å². The summed E-state index contributed by atoms with van der Waals surface area (Å²) >= 11 is 0. The van der Waals surface area contributed by atoms with Crippen molar-refractivity contribution in [3.05, 3.63) is 0 Å². The van der Waals surface area contributed by atoms with Crippen LogP contribution < -0.4 is 10.6 Å². The molecule has 0 heterocycles. The van der Waals surface area contributed by atoms with E-state index >= 15 is 0 Å². The highest BCUT2D eigenvalue weighted by atomic mass is 16.5. The number of hydrogen-bond acceptors (Lipinski definition) is 4. The van der Waals surface area contributed by atoms with Crippen molar-refractivity contribution >= 4 is 12.0 Å². The fraction of sp³-hybridized carbons (Fsp3) is 0.857. The number of rotatable bonds is 12. The maximum atomic E-state index is 11.7. The van der Waals surface area contributed by atoms with E-state index in [0.717, 1.165) is 12.8 Å². The number of ether oxygens (including phenoxy) is 2. The molecule has 0 aromatic rings. The van der Waals surface area contributed by atoms with Crippen LogP contribution in [-0.4, -0.2) is 56.1 Å². The third-order valence-corrected chi connectivity index (χ3v) is 2.85. The van der Waals surface area contributed by atoms with Crippen LogP contribution in [0.5, 0.6) is 0 Å². The number of hydrogen-bond donors (Lipinski definition) is 3. The number of carboxylic acids is 1. The van der Waals surface area contributed by atoms with E-state index in [4.69, 9.17) is 14.6 Å². The van der Waals surface area contributed by atoms with Crippen LogP contribution in [0.15, 0.2) is 0 Å². The highest BCUT2D eigenvalue weighted by Gasteiger charge is 2.21. The maximum absolute atomic E-state index is 11.7. The van der Waals surface area contributed by atoms with Crippen molar-refractivity contribution in [1.29, 1.82) is 0 Å². The quantitative estimate of drug-likeness (QED) is 0.473. The van der Waals surface area contributed by atoms with Gasteiger partial charge in [0.25, 0.3) is 0 Å². The van der Waals surface area contributed by atoms with Crippen LogP contribution in [0.4, 0.5) is 4.79 Å². The molecule has 124 valence electrons. The molecule has 2 amide bonds. The van der Waals surface area contributed by atoms with Crippen LogP contribution in [0.3, 0.4) is 0 Å². The topological polar surface area (TPSA) is 96.9 Å². The van der Waals surface area contributed by atoms with E-state index in [-0.39, 0.29) is 12.5 Å². The van der Waals surface area contributed by atoms with Crippen molar-refractivity contribution in [2.45, 2.75) is 45.1 Å². The molecule has 0 aliphatic heterocycles. The van der Waals surface area contributed by atoms with Gasteiger partial charge >= 0.3 is 12.0 Å². The highest BCUT2D eigenvalue weighted by molar-refractivity contribution is 5.74. The molecule has 0 aromatic carbocycles. The molecule has 0 rings (SSSR count). The van der Waals surface area contributed by atoms with Crippen molar-refractivity contribution in [2.75, 3.05) is 33.5 Å². The molecule has 0 atom stereocenters. The predicted octanol–water partition coefficient (Wildman–Crippen LogP) is 1.37. The molecular weight excluding hydrogens is 276 g/mol. The minimum Gasteiger partial charge on any atom is -0.481 e. The number of aliphatic carboxylic acids is 1. The van der Waals surface area contributed by atoms with Gasteiger partial charge in [0.15, 0.2) is 0 Å². The second-order valence-electron chi connectivity index (χ2n) is 5.47. The SMILES string of the molecule is COCCOCCCCNC(=O)NC(C)(C)CCC(=O)O. The van der Waals surface area contributed by atoms with Gasteiger partial charge in [-0.1, -0.05) is 0 Å². The number of carbonyl (C=O) groups is 2. The number of urea groups is 1. The van der Waals surface area contributed by atoms with Gasteiger partial charge in [-0.2, -0.15) is 0 Å². The van der Waals surface area contributed by atoms with Crippen LogP contribution in [0, 0.1) is 0 Å². The second-order valence-corrected chi connectivity index (χ2v) is 5.47. The molecule has 0 saturated carbocycles. The van der Waals surface area contributed by atoms with Gasteiger partial charge < -0.3 is 25.2 Å². The molecule has 0 radical (unpaired) electrons. The van der Waals surface area contributed by atoms with Gasteiger partial charge in [0.05, 0.1) is 13.2 Å². The van der Waals surface area contributed by atoms with Crippen LogP contribution in [0.2, 0.25) is 0 Å². The van der Waals surface area contributed by atoms with Crippen molar-refractivity contribution in [3.8, 4) is 0 Å². The van der Waals surface area contributed by atoms with Gasteiger partial charge in [0.2, 0.25) is 0 Å². The Balaban J connectivity index is 3.59. The Morgan fingerprint density at radius 2 is 1.86 bits per heavy atom. The summed E-state index contributed by atoms with van der Waals surface area (Å²) < 4.78 is 10.2. The standard InChI is InChI=1S/C14H28N2O5/c1-14(2,7-6-12(17)18)16-13(19)15-8-4-5-9-21-11-10-20-3/h4-11H2,1-3H3,(H,17,18)(H2,15,16,19). The lowest BCUT2D eigenvalue weighted by Gasteiger charge is -2.25. The van der Waals surface area contributed by atoms with E-state index in [1.54, 1.807) is 21.0 Å². The Bertz CT molecular complexity index is 308. The van der Waals surface area contributed by atoms with Gasteiger partial charge in [0.1, 0.15) is 0 Å². The minimum absolute atomic E-state index is 0.0338. The van der Waals surface area contributed by atoms with Gasteiger partial charge in [-0.15, -0.1) is 0 Å². The maximum Gasteiger partial charge on any atom is 0.315 e. The fourth-order valence-corrected chi connectivity index (χ4v) is 1.61. The van der Waals surface area contributed by atoms with E-state index in [1.807, 2.05) is 0 Å². The average Bonchev–Trinajstić information content (AvgIpc) is 2.39. The number of carboxylic acid groups (broad SMARTS) is 1. The van der Waals surface area contributed by atoms with Gasteiger partial charge in [-0.25, -0.2) is 4.79 Å². The lowest BCUT2D eigenvalue weighted by atomic mass is 9.99. The van der Waals surface area contributed by atoms with Gasteiger partial charge in [0, 0.05) is 32.2 Å². The summed E-state index contributed by atoms with van der Waals surface area (Å²) in [5.41, 5.74) is -0.536. The Labute approximate surface area is 126 Å². The first-order valence-electron chi connectivity index (χ1n) is 7.22. The summed E-state index contributed by atoms with van der Waals surface area (Å²) in [4.78, 5) is 22.2. The van der Waals surface area contributed by atoms with Crippen LogP contribution in [-0.2, 0) is 14.3 Å². The monoisotopic (exact) mass is 304 g/mol. The number of methoxy groups -OCH3 is 1. The third kappa shape index (κ3) is 13.4. The molecule has 0 fully saturated rings. The van der Waals surface area contributed by atoms with Crippen LogP contribution in [0.25, 0.3) is 0 Å². The van der Waals surface area contributed by atoms with Gasteiger partial charge in [-0.3, -0.25) is 4.79 Å². The summed E-state index contributed by atoms with van der Waals surface area (Å²) in [7, 11) is 1.63. The number of unbranched alkanes of at least 4 members (excludes halogenated alkanes) is 1. The molecule has 0 aliphatic carbocycles. The van der Waals surface area contributed by atoms with Crippen molar-refractivity contribution in [2.24, 2.45) is 0 Å². The Hall–Kier alpha value is -1.34. The highest BCUT2D eigenvalue weighted by Crippen LogP contribution is 2.10. The van der Waals surface area contributed by atoms with Crippen molar-refractivity contribution < 1.29 is 24.2 Å². The first-order chi connectivity index (χ1) is 9.87. The van der Waals surface area contributed by atoms with E-state index in [1.165, 1.54) is 0 Å². The molecule has 7 heteroatoms. The lowest BCUT2D eigenvalue weighted by Crippen LogP contribution is -2.48. The van der Waals surface area contributed by atoms with Crippen molar-refractivity contribution in [1.82, 2.24) is 10.6 Å². The fourth-order valence-electron chi connectivity index (χ4n) is 1.61. The summed E-state index contributed by atoms with van der Waals surface area (Å²) in [6, 6.07) is -0.273. The zero-order valence-electron chi connectivity index (χ0n) is 13.2. The van der Waals surface area contributed by atoms with E-state index in [2.05, 4.69) is 10.6 Å². The largest absolute Gasteiger partial charge is 0.481 e. The molecule has 7 nitrogen and oxygen atoms in total. The number of nitrogens with one attached hydrogen (secondary N) is 2. The summed E-state index contributed by atoms with van der Waals surface area (Å²) in [5.74, 6) is -0.862. The van der Waals surface area contributed by atoms with E-state index in [9.17, 15) is 9.59 Å². The Morgan fingerprint density at radius 1 is 1.14 bits per heavy atom. The molecule has 21 heavy (non-hydrogen) atoms. The van der Waals surface area contributed by atoms with Crippen LogP contribution in [0.1, 0.15) is 39.5 Å². The minimum atomic E-state index is -0.862. The van der Waals surface area contributed by atoms with Crippen molar-refractivity contribution in [3.63, 3.8) is 0 Å².